The van der Waals surface area contributed by atoms with Crippen molar-refractivity contribution in [2.45, 2.75) is 76.3 Å². The van der Waals surface area contributed by atoms with Gasteiger partial charge in [-0.15, -0.1) is 0 Å². The SMILES string of the molecule is CCOC(=O)N1C2CC3CC1[C@H](O[Si](c1ccccc1)(c1ccccc1)C(C)(C)C)C2N(Cc1ccccc1)C3. The third-order valence-corrected chi connectivity index (χ3v) is 14.4. The first-order valence-corrected chi connectivity index (χ1v) is 16.8. The molecule has 5 nitrogen and oxygen atoms in total. The highest BCUT2D eigenvalue weighted by Crippen LogP contribution is 2.50. The van der Waals surface area contributed by atoms with Crippen LogP contribution in [0.4, 0.5) is 4.79 Å². The topological polar surface area (TPSA) is 42.0 Å². The number of benzene rings is 3. The lowest BCUT2D eigenvalue weighted by molar-refractivity contribution is 0.00795. The molecule has 3 aliphatic heterocycles. The van der Waals surface area contributed by atoms with Gasteiger partial charge in [0.1, 0.15) is 0 Å². The molecule has 5 atom stereocenters. The number of carbonyl (C=O) groups is 1. The van der Waals surface area contributed by atoms with Crippen LogP contribution in [-0.2, 0) is 15.7 Å². The van der Waals surface area contributed by atoms with E-state index in [1.807, 2.05) is 6.92 Å². The Balaban J connectivity index is 1.48. The molecule has 0 radical (unpaired) electrons. The fourth-order valence-corrected chi connectivity index (χ4v) is 12.6. The van der Waals surface area contributed by atoms with E-state index in [0.29, 0.717) is 12.5 Å². The van der Waals surface area contributed by atoms with Gasteiger partial charge in [0.05, 0.1) is 30.8 Å². The minimum absolute atomic E-state index is 0.00947. The van der Waals surface area contributed by atoms with Gasteiger partial charge in [0.25, 0.3) is 8.32 Å². The molecule has 3 saturated heterocycles. The van der Waals surface area contributed by atoms with Gasteiger partial charge in [-0.05, 0) is 46.7 Å². The van der Waals surface area contributed by atoms with Crippen LogP contribution >= 0.6 is 0 Å². The Morgan fingerprint density at radius 2 is 1.40 bits per heavy atom. The summed E-state index contributed by atoms with van der Waals surface area (Å²) < 4.78 is 13.5. The Kier molecular flexibility index (Phi) is 7.36. The first kappa shape index (κ1) is 27.2. The average Bonchev–Trinajstić information content (AvgIpc) is 3.07. The summed E-state index contributed by atoms with van der Waals surface area (Å²) in [5.74, 6) is 0.549. The van der Waals surface area contributed by atoms with Crippen molar-refractivity contribution in [1.29, 1.82) is 0 Å². The molecule has 210 valence electrons. The van der Waals surface area contributed by atoms with Crippen LogP contribution in [0.25, 0.3) is 0 Å². The third kappa shape index (κ3) is 4.60. The van der Waals surface area contributed by atoms with Crippen molar-refractivity contribution in [1.82, 2.24) is 9.80 Å². The van der Waals surface area contributed by atoms with Crippen LogP contribution in [0.15, 0.2) is 91.0 Å². The lowest BCUT2D eigenvalue weighted by Crippen LogP contribution is -2.69. The van der Waals surface area contributed by atoms with Gasteiger partial charge in [0, 0.05) is 13.1 Å². The van der Waals surface area contributed by atoms with E-state index in [2.05, 4.69) is 122 Å². The van der Waals surface area contributed by atoms with E-state index in [1.54, 1.807) is 0 Å². The summed E-state index contributed by atoms with van der Waals surface area (Å²) in [4.78, 5) is 18.2. The van der Waals surface area contributed by atoms with E-state index in [-0.39, 0.29) is 35.4 Å². The Labute approximate surface area is 240 Å². The van der Waals surface area contributed by atoms with Gasteiger partial charge in [-0.1, -0.05) is 112 Å². The molecule has 0 saturated carbocycles. The summed E-state index contributed by atoms with van der Waals surface area (Å²) in [7, 11) is -2.82. The highest BCUT2D eigenvalue weighted by Gasteiger charge is 2.63. The van der Waals surface area contributed by atoms with Crippen molar-refractivity contribution in [3.05, 3.63) is 96.6 Å². The van der Waals surface area contributed by atoms with Gasteiger partial charge in [0.15, 0.2) is 0 Å². The van der Waals surface area contributed by atoms with Crippen LogP contribution in [0.3, 0.4) is 0 Å². The Morgan fingerprint density at radius 3 is 1.95 bits per heavy atom. The molecule has 6 heteroatoms. The predicted molar refractivity (Wildman–Crippen MR) is 162 cm³/mol. The van der Waals surface area contributed by atoms with E-state index >= 15 is 0 Å². The maximum Gasteiger partial charge on any atom is 0.410 e. The van der Waals surface area contributed by atoms with Gasteiger partial charge in [-0.3, -0.25) is 9.80 Å². The minimum atomic E-state index is -2.82. The summed E-state index contributed by atoms with van der Waals surface area (Å²) in [6.07, 6.45) is 1.69. The molecule has 40 heavy (non-hydrogen) atoms. The number of hydrogen-bond acceptors (Lipinski definition) is 4. The molecule has 3 fully saturated rings. The molecule has 0 spiro atoms. The highest BCUT2D eigenvalue weighted by molar-refractivity contribution is 6.99. The molecular formula is C34H42N2O3Si. The molecule has 0 N–H and O–H groups in total. The van der Waals surface area contributed by atoms with Crippen molar-refractivity contribution >= 4 is 24.8 Å². The normalized spacial score (nSPS) is 26.2. The van der Waals surface area contributed by atoms with Crippen molar-refractivity contribution in [2.24, 2.45) is 5.92 Å². The van der Waals surface area contributed by atoms with Crippen molar-refractivity contribution in [2.75, 3.05) is 13.2 Å². The first-order chi connectivity index (χ1) is 19.3. The number of nitrogens with zero attached hydrogens (tertiary/aromatic N) is 2. The van der Waals surface area contributed by atoms with E-state index in [1.165, 1.54) is 15.9 Å². The molecule has 4 unspecified atom stereocenters. The van der Waals surface area contributed by atoms with Crippen LogP contribution in [0, 0.1) is 5.92 Å². The smallest absolute Gasteiger partial charge is 0.410 e. The van der Waals surface area contributed by atoms with Crippen molar-refractivity contribution < 1.29 is 14.0 Å². The Hall–Kier alpha value is -2.93. The van der Waals surface area contributed by atoms with Crippen LogP contribution in [0.2, 0.25) is 5.04 Å². The number of likely N-dealkylation sites (tertiary alicyclic amines) is 1. The van der Waals surface area contributed by atoms with E-state index in [9.17, 15) is 4.79 Å². The fourth-order valence-electron chi connectivity index (χ4n) is 7.85. The lowest BCUT2D eigenvalue weighted by atomic mass is 9.86. The molecule has 3 heterocycles. The largest absolute Gasteiger partial charge is 0.450 e. The minimum Gasteiger partial charge on any atom is -0.450 e. The highest BCUT2D eigenvalue weighted by atomic mass is 28.4. The second-order valence-electron chi connectivity index (χ2n) is 12.7. The summed E-state index contributed by atoms with van der Waals surface area (Å²) in [5.41, 5.74) is 1.30. The molecule has 0 aliphatic carbocycles. The lowest BCUT2D eigenvalue weighted by Gasteiger charge is -2.47. The van der Waals surface area contributed by atoms with Crippen molar-refractivity contribution in [3.8, 4) is 0 Å². The standard InChI is InChI=1S/C34H42N2O3Si/c1-5-38-33(37)36-29-21-26-22-30(36)32(31(29)35(24-26)23-25-15-9-6-10-16-25)39-40(34(2,3)4,27-17-11-7-12-18-27)28-19-13-8-14-20-28/h6-20,26,29-32H,5,21-24H2,1-4H3/t26?,29?,30?,31?,32-/m0/s1. The second-order valence-corrected chi connectivity index (χ2v) is 17.0. The van der Waals surface area contributed by atoms with Gasteiger partial charge >= 0.3 is 6.09 Å². The second kappa shape index (κ2) is 10.8. The summed E-state index contributed by atoms with van der Waals surface area (Å²) in [6, 6.07) is 32.7. The van der Waals surface area contributed by atoms with Crippen LogP contribution in [0.5, 0.6) is 0 Å². The molecule has 3 bridgehead atoms. The zero-order valence-corrected chi connectivity index (χ0v) is 25.2. The number of piperidine rings is 2. The van der Waals surface area contributed by atoms with E-state index in [0.717, 1.165) is 25.9 Å². The van der Waals surface area contributed by atoms with Gasteiger partial charge in [0.2, 0.25) is 0 Å². The zero-order chi connectivity index (χ0) is 27.9. The van der Waals surface area contributed by atoms with E-state index < -0.39 is 8.32 Å². The Bertz CT molecular complexity index is 1260. The molecule has 1 amide bonds. The molecular weight excluding hydrogens is 512 g/mol. The fraction of sp³-hybridized carbons (Fsp3) is 0.441. The molecule has 3 aromatic rings. The third-order valence-electron chi connectivity index (χ3n) is 9.33. The summed E-state index contributed by atoms with van der Waals surface area (Å²) in [5, 5.41) is 2.42. The number of ether oxygens (including phenoxy) is 1. The Morgan fingerprint density at radius 1 is 0.850 bits per heavy atom. The maximum absolute atomic E-state index is 13.5. The maximum atomic E-state index is 13.5. The van der Waals surface area contributed by atoms with Gasteiger partial charge in [-0.2, -0.15) is 0 Å². The quantitative estimate of drug-likeness (QED) is 0.365. The number of carbonyl (C=O) groups excluding carboxylic acids is 1. The predicted octanol–water partition coefficient (Wildman–Crippen LogP) is 5.44. The number of fused-ring (bicyclic) bond motifs is 2. The number of hydrogen-bond donors (Lipinski definition) is 0. The average molecular weight is 555 g/mol. The van der Waals surface area contributed by atoms with E-state index in [4.69, 9.17) is 9.16 Å². The van der Waals surface area contributed by atoms with Crippen LogP contribution in [0.1, 0.15) is 46.1 Å². The number of amides is 1. The summed E-state index contributed by atoms with van der Waals surface area (Å²) in [6.45, 7) is 11.2. The summed E-state index contributed by atoms with van der Waals surface area (Å²) >= 11 is 0. The number of rotatable bonds is 7. The monoisotopic (exact) mass is 554 g/mol. The molecule has 6 rings (SSSR count). The van der Waals surface area contributed by atoms with Gasteiger partial charge < -0.3 is 9.16 Å². The van der Waals surface area contributed by atoms with Crippen LogP contribution in [-0.4, -0.2) is 61.6 Å². The molecule has 3 aromatic carbocycles. The molecule has 3 aliphatic rings. The zero-order valence-electron chi connectivity index (χ0n) is 24.2. The first-order valence-electron chi connectivity index (χ1n) is 14.9. The van der Waals surface area contributed by atoms with Crippen LogP contribution < -0.4 is 10.4 Å². The van der Waals surface area contributed by atoms with Crippen molar-refractivity contribution in [3.63, 3.8) is 0 Å². The van der Waals surface area contributed by atoms with Gasteiger partial charge in [-0.25, -0.2) is 4.79 Å². The molecule has 0 aromatic heterocycles.